The summed E-state index contributed by atoms with van der Waals surface area (Å²) in [7, 11) is -1.90. The van der Waals surface area contributed by atoms with Crippen LogP contribution in [0.4, 0.5) is 11.4 Å². The van der Waals surface area contributed by atoms with Crippen LogP contribution in [0.15, 0.2) is 35.2 Å². The van der Waals surface area contributed by atoms with E-state index in [1.54, 1.807) is 12.1 Å². The van der Waals surface area contributed by atoms with Gasteiger partial charge >= 0.3 is 0 Å². The van der Waals surface area contributed by atoms with E-state index in [4.69, 9.17) is 22.5 Å². The topological polar surface area (TPSA) is 89.4 Å². The van der Waals surface area contributed by atoms with Crippen molar-refractivity contribution < 1.29 is 8.42 Å². The smallest absolute Gasteiger partial charge is 0.240 e. The van der Waals surface area contributed by atoms with Gasteiger partial charge in [-0.1, -0.05) is 11.6 Å². The number of nitrogens with zero attached hydrogens (tertiary/aromatic N) is 1. The number of sulfonamides is 1. The van der Waals surface area contributed by atoms with Gasteiger partial charge in [0.15, 0.2) is 0 Å². The lowest BCUT2D eigenvalue weighted by molar-refractivity contribution is 0.598. The van der Waals surface area contributed by atoms with Gasteiger partial charge in [0.25, 0.3) is 0 Å². The molecular weight excluding hydrogens is 318 g/mol. The molecule has 108 valence electrons. The number of primary sulfonamides is 1. The molecule has 8 heteroatoms. The number of anilines is 2. The molecule has 0 bridgehead atoms. The van der Waals surface area contributed by atoms with Crippen molar-refractivity contribution in [1.29, 1.82) is 0 Å². The van der Waals surface area contributed by atoms with E-state index in [9.17, 15) is 8.42 Å². The van der Waals surface area contributed by atoms with Crippen molar-refractivity contribution >= 4 is 44.3 Å². The molecule has 0 aliphatic carbocycles. The third-order valence-electron chi connectivity index (χ3n) is 2.76. The van der Waals surface area contributed by atoms with Gasteiger partial charge in [0.1, 0.15) is 4.90 Å². The molecule has 0 aliphatic heterocycles. The molecule has 0 fully saturated rings. The molecular formula is C12H14ClN3O2S2. The Hall–Kier alpha value is -1.28. The Bertz CT molecular complexity index is 728. The summed E-state index contributed by atoms with van der Waals surface area (Å²) in [6.07, 6.45) is 0. The third kappa shape index (κ3) is 3.43. The monoisotopic (exact) mass is 331 g/mol. The average Bonchev–Trinajstić information content (AvgIpc) is 2.73. The SMILES string of the molecule is CN(Cc1ccc(Cl)s1)c1ccc(S(N)(=O)=O)c(N)c1. The van der Waals surface area contributed by atoms with Crippen molar-refractivity contribution in [3.05, 3.63) is 39.5 Å². The Kier molecular flexibility index (Phi) is 4.24. The van der Waals surface area contributed by atoms with Crippen LogP contribution >= 0.6 is 22.9 Å². The molecule has 1 aromatic heterocycles. The van der Waals surface area contributed by atoms with Crippen LogP contribution in [0, 0.1) is 0 Å². The predicted octanol–water partition coefficient (Wildman–Crippen LogP) is 2.27. The molecule has 2 aromatic rings. The fourth-order valence-corrected chi connectivity index (χ4v) is 3.58. The summed E-state index contributed by atoms with van der Waals surface area (Å²) in [5.74, 6) is 0. The van der Waals surface area contributed by atoms with E-state index in [0.29, 0.717) is 6.54 Å². The Labute approximate surface area is 126 Å². The molecule has 0 unspecified atom stereocenters. The van der Waals surface area contributed by atoms with Gasteiger partial charge in [-0.05, 0) is 30.3 Å². The molecule has 0 atom stereocenters. The Morgan fingerprint density at radius 1 is 1.30 bits per heavy atom. The summed E-state index contributed by atoms with van der Waals surface area (Å²) in [6.45, 7) is 0.658. The Morgan fingerprint density at radius 3 is 2.50 bits per heavy atom. The molecule has 0 spiro atoms. The van der Waals surface area contributed by atoms with E-state index in [2.05, 4.69) is 0 Å². The number of nitrogen functional groups attached to an aromatic ring is 1. The summed E-state index contributed by atoms with van der Waals surface area (Å²) in [4.78, 5) is 2.99. The number of benzene rings is 1. The van der Waals surface area contributed by atoms with E-state index in [-0.39, 0.29) is 10.6 Å². The molecule has 1 heterocycles. The Balaban J connectivity index is 2.23. The maximum Gasteiger partial charge on any atom is 0.240 e. The standard InChI is InChI=1S/C12H14ClN3O2S2/c1-16(7-9-3-5-12(13)19-9)8-2-4-11(10(14)6-8)20(15,17)18/h2-6H,7,14H2,1H3,(H2,15,17,18). The van der Waals surface area contributed by atoms with Crippen molar-refractivity contribution in [2.45, 2.75) is 11.4 Å². The molecule has 5 nitrogen and oxygen atoms in total. The lowest BCUT2D eigenvalue weighted by atomic mass is 10.2. The second-order valence-electron chi connectivity index (χ2n) is 4.33. The summed E-state index contributed by atoms with van der Waals surface area (Å²) in [5, 5.41) is 5.08. The Morgan fingerprint density at radius 2 is 2.00 bits per heavy atom. The van der Waals surface area contributed by atoms with Crippen LogP contribution in [0.1, 0.15) is 4.88 Å². The van der Waals surface area contributed by atoms with Crippen LogP contribution < -0.4 is 15.8 Å². The fraction of sp³-hybridized carbons (Fsp3) is 0.167. The molecule has 0 aliphatic rings. The zero-order chi connectivity index (χ0) is 14.9. The van der Waals surface area contributed by atoms with Crippen LogP contribution in [-0.4, -0.2) is 15.5 Å². The number of rotatable bonds is 4. The minimum Gasteiger partial charge on any atom is -0.398 e. The quantitative estimate of drug-likeness (QED) is 0.841. The zero-order valence-electron chi connectivity index (χ0n) is 10.7. The van der Waals surface area contributed by atoms with E-state index >= 15 is 0 Å². The first-order chi connectivity index (χ1) is 9.27. The minimum atomic E-state index is -3.79. The maximum absolute atomic E-state index is 11.3. The van der Waals surface area contributed by atoms with Crippen LogP contribution in [-0.2, 0) is 16.6 Å². The number of hydrogen-bond acceptors (Lipinski definition) is 5. The van der Waals surface area contributed by atoms with E-state index in [0.717, 1.165) is 14.9 Å². The van der Waals surface area contributed by atoms with E-state index in [1.165, 1.54) is 17.4 Å². The molecule has 2 rings (SSSR count). The second kappa shape index (κ2) is 5.61. The highest BCUT2D eigenvalue weighted by atomic mass is 35.5. The van der Waals surface area contributed by atoms with Crippen molar-refractivity contribution in [3.63, 3.8) is 0 Å². The van der Waals surface area contributed by atoms with E-state index < -0.39 is 10.0 Å². The van der Waals surface area contributed by atoms with Crippen LogP contribution in [0.2, 0.25) is 4.34 Å². The molecule has 0 saturated carbocycles. The molecule has 4 N–H and O–H groups in total. The van der Waals surface area contributed by atoms with Gasteiger partial charge in [0.2, 0.25) is 10.0 Å². The summed E-state index contributed by atoms with van der Waals surface area (Å²) < 4.78 is 23.3. The molecule has 0 radical (unpaired) electrons. The fourth-order valence-electron chi connectivity index (χ4n) is 1.79. The van der Waals surface area contributed by atoms with Gasteiger partial charge in [0, 0.05) is 17.6 Å². The second-order valence-corrected chi connectivity index (χ2v) is 7.66. The predicted molar refractivity (Wildman–Crippen MR) is 83.7 cm³/mol. The highest BCUT2D eigenvalue weighted by Crippen LogP contribution is 2.27. The molecule has 0 amide bonds. The van der Waals surface area contributed by atoms with Gasteiger partial charge in [0.05, 0.1) is 16.6 Å². The lowest BCUT2D eigenvalue weighted by Crippen LogP contribution is -2.18. The van der Waals surface area contributed by atoms with Crippen LogP contribution in [0.25, 0.3) is 0 Å². The summed E-state index contributed by atoms with van der Waals surface area (Å²) in [5.41, 5.74) is 6.68. The number of halogens is 1. The van der Waals surface area contributed by atoms with Crippen LogP contribution in [0.5, 0.6) is 0 Å². The first-order valence-corrected chi connectivity index (χ1v) is 8.39. The molecule has 20 heavy (non-hydrogen) atoms. The normalized spacial score (nSPS) is 11.6. The number of thiophene rings is 1. The zero-order valence-corrected chi connectivity index (χ0v) is 13.1. The summed E-state index contributed by atoms with van der Waals surface area (Å²) >= 11 is 7.38. The highest BCUT2D eigenvalue weighted by Gasteiger charge is 2.13. The van der Waals surface area contributed by atoms with Gasteiger partial charge in [-0.15, -0.1) is 11.3 Å². The van der Waals surface area contributed by atoms with Gasteiger partial charge in [-0.2, -0.15) is 0 Å². The largest absolute Gasteiger partial charge is 0.398 e. The molecule has 0 saturated heterocycles. The van der Waals surface area contributed by atoms with Gasteiger partial charge < -0.3 is 10.6 Å². The number of hydrogen-bond donors (Lipinski definition) is 2. The van der Waals surface area contributed by atoms with E-state index in [1.807, 2.05) is 24.1 Å². The lowest BCUT2D eigenvalue weighted by Gasteiger charge is -2.19. The van der Waals surface area contributed by atoms with Crippen molar-refractivity contribution in [2.75, 3.05) is 17.7 Å². The maximum atomic E-state index is 11.3. The highest BCUT2D eigenvalue weighted by molar-refractivity contribution is 7.89. The first kappa shape index (κ1) is 15.1. The summed E-state index contributed by atoms with van der Waals surface area (Å²) in [6, 6.07) is 8.47. The molecule has 1 aromatic carbocycles. The average molecular weight is 332 g/mol. The van der Waals surface area contributed by atoms with Crippen molar-refractivity contribution in [1.82, 2.24) is 0 Å². The minimum absolute atomic E-state index is 0.0613. The third-order valence-corrected chi connectivity index (χ3v) is 4.96. The van der Waals surface area contributed by atoms with Crippen molar-refractivity contribution in [3.8, 4) is 0 Å². The van der Waals surface area contributed by atoms with Gasteiger partial charge in [-0.25, -0.2) is 13.6 Å². The van der Waals surface area contributed by atoms with Crippen molar-refractivity contribution in [2.24, 2.45) is 5.14 Å². The number of nitrogens with two attached hydrogens (primary N) is 2. The first-order valence-electron chi connectivity index (χ1n) is 5.65. The van der Waals surface area contributed by atoms with Crippen LogP contribution in [0.3, 0.4) is 0 Å². The van der Waals surface area contributed by atoms with Gasteiger partial charge in [-0.3, -0.25) is 0 Å².